The number of nitrogens with zero attached hydrogens (tertiary/aromatic N) is 2. The normalized spacial score (nSPS) is 20.2. The number of amides is 1. The molecule has 0 N–H and O–H groups in total. The largest absolute Gasteiger partial charge is 0.374 e. The standard InChI is InChI=1S/C10H20N2O2.C4H10/c1-3-4-12-5-6-14-10(8-12)7-11(2)9-13;1-4(2)3/h9-10H,3-8H2,1-2H3;4H,1-3H3. The zero-order valence-corrected chi connectivity index (χ0v) is 12.7. The Labute approximate surface area is 112 Å². The van der Waals surface area contributed by atoms with Crippen LogP contribution in [0.15, 0.2) is 0 Å². The summed E-state index contributed by atoms with van der Waals surface area (Å²) in [4.78, 5) is 14.5. The van der Waals surface area contributed by atoms with Crippen molar-refractivity contribution in [1.29, 1.82) is 0 Å². The number of ether oxygens (including phenoxy) is 1. The van der Waals surface area contributed by atoms with E-state index in [0.29, 0.717) is 6.54 Å². The van der Waals surface area contributed by atoms with E-state index in [-0.39, 0.29) is 6.10 Å². The highest BCUT2D eigenvalue weighted by molar-refractivity contribution is 5.46. The van der Waals surface area contributed by atoms with Gasteiger partial charge in [0.05, 0.1) is 12.7 Å². The van der Waals surface area contributed by atoms with E-state index in [4.69, 9.17) is 4.74 Å². The summed E-state index contributed by atoms with van der Waals surface area (Å²) in [6.45, 7) is 13.3. The molecule has 108 valence electrons. The maximum atomic E-state index is 10.4. The molecule has 1 saturated heterocycles. The Kier molecular flexibility index (Phi) is 9.98. The van der Waals surface area contributed by atoms with Crippen LogP contribution in [-0.4, -0.2) is 62.1 Å². The van der Waals surface area contributed by atoms with Gasteiger partial charge in [-0.2, -0.15) is 0 Å². The first-order chi connectivity index (χ1) is 8.49. The molecule has 0 aliphatic carbocycles. The zero-order chi connectivity index (χ0) is 14.0. The second-order valence-electron chi connectivity index (χ2n) is 5.57. The first-order valence-corrected chi connectivity index (χ1v) is 6.99. The van der Waals surface area contributed by atoms with Gasteiger partial charge in [0.2, 0.25) is 6.41 Å². The van der Waals surface area contributed by atoms with Crippen molar-refractivity contribution in [3.63, 3.8) is 0 Å². The number of morpholine rings is 1. The van der Waals surface area contributed by atoms with E-state index in [1.807, 2.05) is 0 Å². The molecule has 1 aliphatic heterocycles. The average Bonchev–Trinajstić information content (AvgIpc) is 2.29. The summed E-state index contributed by atoms with van der Waals surface area (Å²) in [5, 5.41) is 0. The summed E-state index contributed by atoms with van der Waals surface area (Å²) >= 11 is 0. The van der Waals surface area contributed by atoms with Crippen LogP contribution in [0.2, 0.25) is 0 Å². The summed E-state index contributed by atoms with van der Waals surface area (Å²) in [6.07, 6.45) is 2.21. The summed E-state index contributed by atoms with van der Waals surface area (Å²) in [6, 6.07) is 0. The second-order valence-corrected chi connectivity index (χ2v) is 5.57. The van der Waals surface area contributed by atoms with Crippen molar-refractivity contribution in [3.8, 4) is 0 Å². The molecule has 1 fully saturated rings. The van der Waals surface area contributed by atoms with Gasteiger partial charge in [-0.3, -0.25) is 9.69 Å². The summed E-state index contributed by atoms with van der Waals surface area (Å²) in [7, 11) is 1.79. The van der Waals surface area contributed by atoms with Crippen LogP contribution < -0.4 is 0 Å². The summed E-state index contributed by atoms with van der Waals surface area (Å²) in [5.74, 6) is 0.833. The Hall–Kier alpha value is -0.610. The molecule has 4 nitrogen and oxygen atoms in total. The SMILES string of the molecule is CC(C)C.CCCN1CCOC(CN(C)C=O)C1. The van der Waals surface area contributed by atoms with Gasteiger partial charge < -0.3 is 9.64 Å². The predicted octanol–water partition coefficient (Wildman–Crippen LogP) is 1.85. The molecule has 1 amide bonds. The highest BCUT2D eigenvalue weighted by Crippen LogP contribution is 2.06. The number of carbonyl (C=O) groups excluding carboxylic acids is 1. The van der Waals surface area contributed by atoms with Crippen LogP contribution in [0.4, 0.5) is 0 Å². The molecule has 0 aromatic rings. The quantitative estimate of drug-likeness (QED) is 0.706. The molecule has 4 heteroatoms. The molecule has 0 bridgehead atoms. The molecule has 1 atom stereocenters. The minimum atomic E-state index is 0.186. The van der Waals surface area contributed by atoms with Crippen molar-refractivity contribution in [2.45, 2.75) is 40.2 Å². The maximum absolute atomic E-state index is 10.4. The van der Waals surface area contributed by atoms with Crippen molar-refractivity contribution in [1.82, 2.24) is 9.80 Å². The molecular formula is C14H30N2O2. The summed E-state index contributed by atoms with van der Waals surface area (Å²) in [5.41, 5.74) is 0. The van der Waals surface area contributed by atoms with Crippen molar-refractivity contribution in [2.24, 2.45) is 5.92 Å². The Morgan fingerprint density at radius 2 is 2.06 bits per heavy atom. The lowest BCUT2D eigenvalue weighted by atomic mass is 10.2. The molecular weight excluding hydrogens is 228 g/mol. The molecule has 1 rings (SSSR count). The Balaban J connectivity index is 0.000000631. The molecule has 1 heterocycles. The monoisotopic (exact) mass is 258 g/mol. The first kappa shape index (κ1) is 17.4. The van der Waals surface area contributed by atoms with E-state index in [9.17, 15) is 4.79 Å². The smallest absolute Gasteiger partial charge is 0.209 e. The molecule has 0 aromatic carbocycles. The van der Waals surface area contributed by atoms with Crippen LogP contribution in [0.3, 0.4) is 0 Å². The van der Waals surface area contributed by atoms with Gasteiger partial charge in [0, 0.05) is 26.7 Å². The maximum Gasteiger partial charge on any atom is 0.209 e. The van der Waals surface area contributed by atoms with Gasteiger partial charge in [-0.15, -0.1) is 0 Å². The number of likely N-dealkylation sites (N-methyl/N-ethyl adjacent to an activating group) is 1. The van der Waals surface area contributed by atoms with Crippen LogP contribution in [0.1, 0.15) is 34.1 Å². The molecule has 1 aliphatic rings. The number of hydrogen-bond acceptors (Lipinski definition) is 3. The van der Waals surface area contributed by atoms with E-state index in [1.54, 1.807) is 11.9 Å². The van der Waals surface area contributed by atoms with Gasteiger partial charge in [0.15, 0.2) is 0 Å². The van der Waals surface area contributed by atoms with E-state index < -0.39 is 0 Å². The lowest BCUT2D eigenvalue weighted by molar-refractivity contribution is -0.120. The Morgan fingerprint density at radius 1 is 1.44 bits per heavy atom. The molecule has 0 spiro atoms. The third-order valence-corrected chi connectivity index (χ3v) is 2.43. The van der Waals surface area contributed by atoms with Gasteiger partial charge >= 0.3 is 0 Å². The van der Waals surface area contributed by atoms with Crippen molar-refractivity contribution >= 4 is 6.41 Å². The molecule has 18 heavy (non-hydrogen) atoms. The van der Waals surface area contributed by atoms with E-state index in [2.05, 4.69) is 32.6 Å². The third-order valence-electron chi connectivity index (χ3n) is 2.43. The van der Waals surface area contributed by atoms with E-state index >= 15 is 0 Å². The van der Waals surface area contributed by atoms with Crippen LogP contribution in [-0.2, 0) is 9.53 Å². The highest BCUT2D eigenvalue weighted by Gasteiger charge is 2.20. The fraction of sp³-hybridized carbons (Fsp3) is 0.929. The number of rotatable bonds is 5. The first-order valence-electron chi connectivity index (χ1n) is 6.99. The summed E-state index contributed by atoms with van der Waals surface area (Å²) < 4.78 is 5.58. The molecule has 0 radical (unpaired) electrons. The second kappa shape index (κ2) is 10.3. The third kappa shape index (κ3) is 9.42. The van der Waals surface area contributed by atoms with E-state index in [0.717, 1.165) is 38.6 Å². The van der Waals surface area contributed by atoms with Crippen LogP contribution in [0.25, 0.3) is 0 Å². The average molecular weight is 258 g/mol. The van der Waals surface area contributed by atoms with Gasteiger partial charge in [0.1, 0.15) is 0 Å². The van der Waals surface area contributed by atoms with Crippen molar-refractivity contribution < 1.29 is 9.53 Å². The minimum Gasteiger partial charge on any atom is -0.374 e. The Morgan fingerprint density at radius 3 is 2.56 bits per heavy atom. The molecule has 0 aromatic heterocycles. The minimum absolute atomic E-state index is 0.186. The number of carbonyl (C=O) groups is 1. The van der Waals surface area contributed by atoms with Gasteiger partial charge in [-0.05, 0) is 18.9 Å². The van der Waals surface area contributed by atoms with Crippen molar-refractivity contribution in [2.75, 3.05) is 39.8 Å². The molecule has 1 unspecified atom stereocenters. The van der Waals surface area contributed by atoms with Gasteiger partial charge in [-0.25, -0.2) is 0 Å². The predicted molar refractivity (Wildman–Crippen MR) is 75.7 cm³/mol. The van der Waals surface area contributed by atoms with Gasteiger partial charge in [-0.1, -0.05) is 27.7 Å². The van der Waals surface area contributed by atoms with Crippen LogP contribution in [0.5, 0.6) is 0 Å². The van der Waals surface area contributed by atoms with Crippen LogP contribution >= 0.6 is 0 Å². The lowest BCUT2D eigenvalue weighted by Gasteiger charge is -2.33. The van der Waals surface area contributed by atoms with Crippen LogP contribution in [0, 0.1) is 5.92 Å². The fourth-order valence-corrected chi connectivity index (χ4v) is 1.77. The van der Waals surface area contributed by atoms with Crippen molar-refractivity contribution in [3.05, 3.63) is 0 Å². The van der Waals surface area contributed by atoms with E-state index in [1.165, 1.54) is 6.42 Å². The fourth-order valence-electron chi connectivity index (χ4n) is 1.77. The Bertz CT molecular complexity index is 205. The van der Waals surface area contributed by atoms with Gasteiger partial charge in [0.25, 0.3) is 0 Å². The zero-order valence-electron chi connectivity index (χ0n) is 12.7. The molecule has 0 saturated carbocycles. The lowest BCUT2D eigenvalue weighted by Crippen LogP contribution is -2.46. The highest BCUT2D eigenvalue weighted by atomic mass is 16.5. The topological polar surface area (TPSA) is 32.8 Å². The number of hydrogen-bond donors (Lipinski definition) is 0.